The van der Waals surface area contributed by atoms with Gasteiger partial charge in [0.15, 0.2) is 5.60 Å². The monoisotopic (exact) mass is 211 g/mol. The third-order valence-corrected chi connectivity index (χ3v) is 2.06. The number of carboxylic acids is 1. The van der Waals surface area contributed by atoms with Crippen molar-refractivity contribution in [3.05, 3.63) is 39.9 Å². The molecule has 6 nitrogen and oxygen atoms in total. The van der Waals surface area contributed by atoms with E-state index in [1.807, 2.05) is 0 Å². The van der Waals surface area contributed by atoms with Crippen LogP contribution in [-0.4, -0.2) is 21.1 Å². The van der Waals surface area contributed by atoms with Crippen LogP contribution >= 0.6 is 0 Å². The first-order chi connectivity index (χ1) is 6.85. The van der Waals surface area contributed by atoms with Gasteiger partial charge in [0.05, 0.1) is 4.92 Å². The number of carbonyl (C=O) groups is 1. The van der Waals surface area contributed by atoms with Crippen molar-refractivity contribution < 1.29 is 19.9 Å². The van der Waals surface area contributed by atoms with Gasteiger partial charge in [-0.1, -0.05) is 0 Å². The zero-order chi connectivity index (χ0) is 11.6. The molecule has 0 bridgehead atoms. The first-order valence-electron chi connectivity index (χ1n) is 4.06. The van der Waals surface area contributed by atoms with Crippen molar-refractivity contribution in [1.82, 2.24) is 0 Å². The lowest BCUT2D eigenvalue weighted by atomic mass is 9.96. The average molecular weight is 211 g/mol. The summed E-state index contributed by atoms with van der Waals surface area (Å²) in [5.74, 6) is -1.41. The van der Waals surface area contributed by atoms with E-state index in [1.54, 1.807) is 0 Å². The third kappa shape index (κ3) is 2.10. The summed E-state index contributed by atoms with van der Waals surface area (Å²) in [5.41, 5.74) is -2.09. The van der Waals surface area contributed by atoms with E-state index >= 15 is 0 Å². The lowest BCUT2D eigenvalue weighted by molar-refractivity contribution is -0.384. The largest absolute Gasteiger partial charge is 0.479 e. The summed E-state index contributed by atoms with van der Waals surface area (Å²) in [7, 11) is 0. The Balaban J connectivity index is 3.09. The zero-order valence-corrected chi connectivity index (χ0v) is 7.88. The Morgan fingerprint density at radius 3 is 2.20 bits per heavy atom. The minimum atomic E-state index is -2.03. The van der Waals surface area contributed by atoms with Gasteiger partial charge in [-0.2, -0.15) is 0 Å². The van der Waals surface area contributed by atoms with Crippen LogP contribution in [0.25, 0.3) is 0 Å². The molecule has 2 N–H and O–H groups in total. The number of aliphatic hydroxyl groups is 1. The molecule has 1 rings (SSSR count). The summed E-state index contributed by atoms with van der Waals surface area (Å²) in [6.45, 7) is 1.11. The van der Waals surface area contributed by atoms with E-state index in [9.17, 15) is 20.0 Å². The number of nitrogens with zero attached hydrogens (tertiary/aromatic N) is 1. The Hall–Kier alpha value is -1.95. The molecule has 0 fully saturated rings. The Morgan fingerprint density at radius 1 is 1.40 bits per heavy atom. The molecule has 0 aliphatic rings. The number of hydrogen-bond acceptors (Lipinski definition) is 4. The summed E-state index contributed by atoms with van der Waals surface area (Å²) in [4.78, 5) is 20.4. The standard InChI is InChI=1S/C9H9NO5/c1-9(13,8(11)12)6-2-4-7(5-3-6)10(14)15/h2-5,13H,1H3,(H,11,12)/t9-/m0/s1. The fourth-order valence-corrected chi connectivity index (χ4v) is 1.03. The second-order valence-corrected chi connectivity index (χ2v) is 3.18. The van der Waals surface area contributed by atoms with Crippen LogP contribution in [0.4, 0.5) is 5.69 Å². The summed E-state index contributed by atoms with van der Waals surface area (Å²) >= 11 is 0. The van der Waals surface area contributed by atoms with E-state index in [-0.39, 0.29) is 11.3 Å². The number of hydrogen-bond donors (Lipinski definition) is 2. The zero-order valence-electron chi connectivity index (χ0n) is 7.88. The molecule has 0 aromatic heterocycles. The number of rotatable bonds is 3. The maximum atomic E-state index is 10.7. The summed E-state index contributed by atoms with van der Waals surface area (Å²) < 4.78 is 0. The van der Waals surface area contributed by atoms with Crippen LogP contribution in [-0.2, 0) is 10.4 Å². The van der Waals surface area contributed by atoms with Gasteiger partial charge in [-0.15, -0.1) is 0 Å². The molecule has 0 radical (unpaired) electrons. The summed E-state index contributed by atoms with van der Waals surface area (Å²) in [6, 6.07) is 4.72. The van der Waals surface area contributed by atoms with Crippen LogP contribution in [0.2, 0.25) is 0 Å². The van der Waals surface area contributed by atoms with Crippen molar-refractivity contribution in [2.75, 3.05) is 0 Å². The molecule has 0 aliphatic heterocycles. The van der Waals surface area contributed by atoms with Crippen molar-refractivity contribution in [3.63, 3.8) is 0 Å². The molecule has 6 heteroatoms. The quantitative estimate of drug-likeness (QED) is 0.571. The van der Waals surface area contributed by atoms with E-state index in [4.69, 9.17) is 5.11 Å². The van der Waals surface area contributed by atoms with Crippen LogP contribution in [0.5, 0.6) is 0 Å². The molecule has 15 heavy (non-hydrogen) atoms. The molecule has 1 aromatic rings. The molecule has 80 valence electrons. The van der Waals surface area contributed by atoms with E-state index < -0.39 is 16.5 Å². The molecule has 0 unspecified atom stereocenters. The van der Waals surface area contributed by atoms with E-state index in [1.165, 1.54) is 12.1 Å². The maximum absolute atomic E-state index is 10.7. The highest BCUT2D eigenvalue weighted by Gasteiger charge is 2.32. The molecule has 0 saturated heterocycles. The molecule has 0 spiro atoms. The van der Waals surface area contributed by atoms with Crippen molar-refractivity contribution in [2.45, 2.75) is 12.5 Å². The predicted octanol–water partition coefficient (Wildman–Crippen LogP) is 0.887. The Labute approximate surface area is 84.9 Å². The lowest BCUT2D eigenvalue weighted by Crippen LogP contribution is -2.31. The Morgan fingerprint density at radius 2 is 1.87 bits per heavy atom. The Bertz CT molecular complexity index is 395. The molecule has 1 atom stereocenters. The smallest absolute Gasteiger partial charge is 0.340 e. The SMILES string of the molecule is C[C@@](O)(C(=O)O)c1ccc([N+](=O)[O-])cc1. The van der Waals surface area contributed by atoms with Gasteiger partial charge in [0, 0.05) is 12.1 Å². The van der Waals surface area contributed by atoms with Crippen molar-refractivity contribution in [1.29, 1.82) is 0 Å². The molecule has 1 aromatic carbocycles. The van der Waals surface area contributed by atoms with Gasteiger partial charge in [0.1, 0.15) is 0 Å². The van der Waals surface area contributed by atoms with E-state index in [2.05, 4.69) is 0 Å². The van der Waals surface area contributed by atoms with Gasteiger partial charge >= 0.3 is 5.97 Å². The molecule has 0 aliphatic carbocycles. The minimum Gasteiger partial charge on any atom is -0.479 e. The van der Waals surface area contributed by atoms with E-state index in [0.29, 0.717) is 0 Å². The third-order valence-electron chi connectivity index (χ3n) is 2.06. The second kappa shape index (κ2) is 3.66. The van der Waals surface area contributed by atoms with Gasteiger partial charge in [0.2, 0.25) is 0 Å². The van der Waals surface area contributed by atoms with Crippen LogP contribution in [0, 0.1) is 10.1 Å². The molecule has 0 amide bonds. The summed E-state index contributed by atoms with van der Waals surface area (Å²) in [6.07, 6.45) is 0. The maximum Gasteiger partial charge on any atom is 0.340 e. The molecular formula is C9H9NO5. The van der Waals surface area contributed by atoms with Crippen LogP contribution in [0.15, 0.2) is 24.3 Å². The Kier molecular flexibility index (Phi) is 2.71. The summed E-state index contributed by atoms with van der Waals surface area (Å²) in [5, 5.41) is 28.5. The van der Waals surface area contributed by atoms with Crippen LogP contribution < -0.4 is 0 Å². The van der Waals surface area contributed by atoms with Gasteiger partial charge < -0.3 is 10.2 Å². The first-order valence-corrected chi connectivity index (χ1v) is 4.06. The highest BCUT2D eigenvalue weighted by molar-refractivity contribution is 5.78. The number of aliphatic carboxylic acids is 1. The number of non-ortho nitro benzene ring substituents is 1. The molecule has 0 heterocycles. The first kappa shape index (κ1) is 11.1. The number of carboxylic acid groups (broad SMARTS) is 1. The highest BCUT2D eigenvalue weighted by atomic mass is 16.6. The van der Waals surface area contributed by atoms with Gasteiger partial charge in [0.25, 0.3) is 5.69 Å². The fraction of sp³-hybridized carbons (Fsp3) is 0.222. The number of benzene rings is 1. The van der Waals surface area contributed by atoms with Crippen molar-refractivity contribution in [2.24, 2.45) is 0 Å². The highest BCUT2D eigenvalue weighted by Crippen LogP contribution is 2.23. The van der Waals surface area contributed by atoms with Gasteiger partial charge in [-0.25, -0.2) is 4.79 Å². The topological polar surface area (TPSA) is 101 Å². The van der Waals surface area contributed by atoms with Gasteiger partial charge in [-0.05, 0) is 24.6 Å². The fourth-order valence-electron chi connectivity index (χ4n) is 1.03. The van der Waals surface area contributed by atoms with Crippen LogP contribution in [0.3, 0.4) is 0 Å². The van der Waals surface area contributed by atoms with E-state index in [0.717, 1.165) is 19.1 Å². The average Bonchev–Trinajstić information content (AvgIpc) is 2.17. The molecule has 0 saturated carbocycles. The van der Waals surface area contributed by atoms with Crippen LogP contribution in [0.1, 0.15) is 12.5 Å². The number of nitro groups is 1. The second-order valence-electron chi connectivity index (χ2n) is 3.18. The van der Waals surface area contributed by atoms with Crippen molar-refractivity contribution in [3.8, 4) is 0 Å². The van der Waals surface area contributed by atoms with Gasteiger partial charge in [-0.3, -0.25) is 10.1 Å². The lowest BCUT2D eigenvalue weighted by Gasteiger charge is -2.17. The number of nitro benzene ring substituents is 1. The van der Waals surface area contributed by atoms with Crippen molar-refractivity contribution >= 4 is 11.7 Å². The minimum absolute atomic E-state index is 0.0978. The predicted molar refractivity (Wildman–Crippen MR) is 50.3 cm³/mol. The normalized spacial score (nSPS) is 14.3. The molecular weight excluding hydrogens is 202 g/mol.